The van der Waals surface area contributed by atoms with E-state index in [1.807, 2.05) is 11.7 Å². The van der Waals surface area contributed by atoms with E-state index >= 15 is 0 Å². The highest BCUT2D eigenvalue weighted by molar-refractivity contribution is 7.10. The summed E-state index contributed by atoms with van der Waals surface area (Å²) in [5.74, 6) is -0.0228. The summed E-state index contributed by atoms with van der Waals surface area (Å²) in [6.45, 7) is 3.97. The highest BCUT2D eigenvalue weighted by Crippen LogP contribution is 2.37. The van der Waals surface area contributed by atoms with Gasteiger partial charge in [0.15, 0.2) is 5.69 Å². The lowest BCUT2D eigenvalue weighted by molar-refractivity contribution is 0.0942. The van der Waals surface area contributed by atoms with Gasteiger partial charge < -0.3 is 10.2 Å². The SMILES string of the molecule is Cn1nc(C(=O)NCCN2CCCCCC2)c2c1-c1ccsc1CC2. The van der Waals surface area contributed by atoms with Crippen LogP contribution in [0.2, 0.25) is 0 Å². The molecule has 1 fully saturated rings. The van der Waals surface area contributed by atoms with E-state index in [0.29, 0.717) is 12.2 Å². The van der Waals surface area contributed by atoms with E-state index in [1.54, 1.807) is 11.3 Å². The number of fused-ring (bicyclic) bond motifs is 3. The Kier molecular flexibility index (Phi) is 4.90. The lowest BCUT2D eigenvalue weighted by Gasteiger charge is -2.19. The predicted octanol–water partition coefficient (Wildman–Crippen LogP) is 2.85. The number of carbonyl (C=O) groups excluding carboxylic acids is 1. The van der Waals surface area contributed by atoms with Gasteiger partial charge in [0.05, 0.1) is 5.69 Å². The Bertz CT molecular complexity index is 756. The highest BCUT2D eigenvalue weighted by atomic mass is 32.1. The quantitative estimate of drug-likeness (QED) is 0.914. The van der Waals surface area contributed by atoms with Crippen LogP contribution in [0.3, 0.4) is 0 Å². The number of rotatable bonds is 4. The van der Waals surface area contributed by atoms with Gasteiger partial charge in [0, 0.05) is 36.1 Å². The fourth-order valence-electron chi connectivity index (χ4n) is 4.08. The standard InChI is InChI=1S/C19H26N4OS/c1-22-18-14-8-13-25-16(14)7-6-15(18)17(21-22)19(24)20-9-12-23-10-4-2-3-5-11-23/h8,13H,2-7,9-12H2,1H3,(H,20,24). The van der Waals surface area contributed by atoms with Gasteiger partial charge in [0.25, 0.3) is 5.91 Å². The molecular weight excluding hydrogens is 332 g/mol. The van der Waals surface area contributed by atoms with Crippen molar-refractivity contribution in [2.24, 2.45) is 7.05 Å². The summed E-state index contributed by atoms with van der Waals surface area (Å²) in [6, 6.07) is 2.15. The summed E-state index contributed by atoms with van der Waals surface area (Å²) in [7, 11) is 1.94. The molecule has 0 atom stereocenters. The second kappa shape index (κ2) is 7.30. The third-order valence-electron chi connectivity index (χ3n) is 5.38. The van der Waals surface area contributed by atoms with Crippen molar-refractivity contribution in [2.75, 3.05) is 26.2 Å². The Morgan fingerprint density at radius 3 is 2.84 bits per heavy atom. The lowest BCUT2D eigenvalue weighted by Crippen LogP contribution is -2.36. The highest BCUT2D eigenvalue weighted by Gasteiger charge is 2.27. The van der Waals surface area contributed by atoms with Gasteiger partial charge in [0.2, 0.25) is 0 Å². The molecule has 6 heteroatoms. The molecule has 2 aromatic heterocycles. The molecule has 0 unspecified atom stereocenters. The average molecular weight is 359 g/mol. The zero-order valence-electron chi connectivity index (χ0n) is 14.9. The largest absolute Gasteiger partial charge is 0.349 e. The average Bonchev–Trinajstić information content (AvgIpc) is 3.11. The van der Waals surface area contributed by atoms with E-state index in [0.717, 1.165) is 43.7 Å². The summed E-state index contributed by atoms with van der Waals surface area (Å²) >= 11 is 1.80. The Labute approximate surface area is 153 Å². The minimum atomic E-state index is -0.0228. The number of nitrogens with zero attached hydrogens (tertiary/aromatic N) is 3. The number of likely N-dealkylation sites (tertiary alicyclic amines) is 1. The summed E-state index contributed by atoms with van der Waals surface area (Å²) in [5, 5.41) is 9.77. The molecule has 0 spiro atoms. The van der Waals surface area contributed by atoms with Crippen LogP contribution in [0.1, 0.15) is 46.6 Å². The number of aryl methyl sites for hydroxylation is 2. The minimum Gasteiger partial charge on any atom is -0.349 e. The van der Waals surface area contributed by atoms with Crippen molar-refractivity contribution < 1.29 is 4.79 Å². The molecule has 4 rings (SSSR count). The van der Waals surface area contributed by atoms with Gasteiger partial charge in [0.1, 0.15) is 0 Å². The van der Waals surface area contributed by atoms with Crippen molar-refractivity contribution in [1.29, 1.82) is 0 Å². The summed E-state index contributed by atoms with van der Waals surface area (Å²) < 4.78 is 1.88. The first-order valence-corrected chi connectivity index (χ1v) is 10.2. The Morgan fingerprint density at radius 1 is 1.24 bits per heavy atom. The van der Waals surface area contributed by atoms with Crippen LogP contribution in [-0.2, 0) is 19.9 Å². The van der Waals surface area contributed by atoms with Crippen molar-refractivity contribution >= 4 is 17.2 Å². The third kappa shape index (κ3) is 3.37. The number of amides is 1. The molecule has 1 N–H and O–H groups in total. The van der Waals surface area contributed by atoms with Crippen molar-refractivity contribution in [3.8, 4) is 11.3 Å². The van der Waals surface area contributed by atoms with E-state index in [2.05, 4.69) is 26.8 Å². The number of nitrogens with one attached hydrogen (secondary N) is 1. The number of hydrogen-bond acceptors (Lipinski definition) is 4. The van der Waals surface area contributed by atoms with Crippen LogP contribution >= 0.6 is 11.3 Å². The van der Waals surface area contributed by atoms with Gasteiger partial charge in [-0.2, -0.15) is 5.10 Å². The van der Waals surface area contributed by atoms with E-state index in [9.17, 15) is 4.79 Å². The first-order valence-electron chi connectivity index (χ1n) is 9.37. The van der Waals surface area contributed by atoms with Crippen LogP contribution in [0.5, 0.6) is 0 Å². The second-order valence-electron chi connectivity index (χ2n) is 7.07. The Hall–Kier alpha value is -1.66. The zero-order chi connectivity index (χ0) is 17.2. The summed E-state index contributed by atoms with van der Waals surface area (Å²) in [6.07, 6.45) is 7.17. The van der Waals surface area contributed by atoms with Crippen molar-refractivity contribution in [3.63, 3.8) is 0 Å². The normalized spacial score (nSPS) is 17.6. The maximum atomic E-state index is 12.7. The molecule has 3 heterocycles. The third-order valence-corrected chi connectivity index (χ3v) is 6.36. The monoisotopic (exact) mass is 358 g/mol. The van der Waals surface area contributed by atoms with E-state index < -0.39 is 0 Å². The molecule has 0 saturated carbocycles. The molecule has 1 amide bonds. The summed E-state index contributed by atoms with van der Waals surface area (Å²) in [4.78, 5) is 16.6. The van der Waals surface area contributed by atoms with Crippen LogP contribution in [0.4, 0.5) is 0 Å². The van der Waals surface area contributed by atoms with Gasteiger partial charge in [-0.3, -0.25) is 9.48 Å². The van der Waals surface area contributed by atoms with E-state index in [4.69, 9.17) is 0 Å². The lowest BCUT2D eigenvalue weighted by atomic mass is 9.94. The molecule has 0 radical (unpaired) electrons. The molecular formula is C19H26N4OS. The van der Waals surface area contributed by atoms with Gasteiger partial charge in [-0.05, 0) is 50.2 Å². The maximum Gasteiger partial charge on any atom is 0.272 e. The van der Waals surface area contributed by atoms with Gasteiger partial charge in [-0.15, -0.1) is 11.3 Å². The first kappa shape index (κ1) is 16.8. The number of aromatic nitrogens is 2. The summed E-state index contributed by atoms with van der Waals surface area (Å²) in [5.41, 5.74) is 4.11. The second-order valence-corrected chi connectivity index (χ2v) is 8.07. The van der Waals surface area contributed by atoms with E-state index in [1.165, 1.54) is 36.1 Å². The van der Waals surface area contributed by atoms with Crippen LogP contribution < -0.4 is 5.32 Å². The smallest absolute Gasteiger partial charge is 0.272 e. The predicted molar refractivity (Wildman–Crippen MR) is 101 cm³/mol. The van der Waals surface area contributed by atoms with E-state index in [-0.39, 0.29) is 5.91 Å². The minimum absolute atomic E-state index is 0.0228. The molecule has 0 aromatic carbocycles. The maximum absolute atomic E-state index is 12.7. The number of thiophene rings is 1. The van der Waals surface area contributed by atoms with Crippen molar-refractivity contribution in [2.45, 2.75) is 38.5 Å². The Morgan fingerprint density at radius 2 is 2.04 bits per heavy atom. The van der Waals surface area contributed by atoms with Crippen molar-refractivity contribution in [1.82, 2.24) is 20.0 Å². The molecule has 1 saturated heterocycles. The number of carbonyl (C=O) groups is 1. The topological polar surface area (TPSA) is 50.2 Å². The molecule has 5 nitrogen and oxygen atoms in total. The molecule has 1 aliphatic carbocycles. The van der Waals surface area contributed by atoms with Crippen LogP contribution in [0.15, 0.2) is 11.4 Å². The fourth-order valence-corrected chi connectivity index (χ4v) is 4.96. The van der Waals surface area contributed by atoms with Gasteiger partial charge in [-0.1, -0.05) is 12.8 Å². The van der Waals surface area contributed by atoms with Crippen LogP contribution in [0, 0.1) is 0 Å². The van der Waals surface area contributed by atoms with Crippen LogP contribution in [-0.4, -0.2) is 46.8 Å². The Balaban J connectivity index is 1.42. The van der Waals surface area contributed by atoms with Gasteiger partial charge in [-0.25, -0.2) is 0 Å². The molecule has 25 heavy (non-hydrogen) atoms. The number of hydrogen-bond donors (Lipinski definition) is 1. The fraction of sp³-hybridized carbons (Fsp3) is 0.579. The molecule has 0 bridgehead atoms. The molecule has 2 aromatic rings. The molecule has 2 aliphatic rings. The van der Waals surface area contributed by atoms with Crippen LogP contribution in [0.25, 0.3) is 11.3 Å². The van der Waals surface area contributed by atoms with Gasteiger partial charge >= 0.3 is 0 Å². The van der Waals surface area contributed by atoms with Crippen molar-refractivity contribution in [3.05, 3.63) is 27.6 Å². The zero-order valence-corrected chi connectivity index (χ0v) is 15.7. The molecule has 134 valence electrons. The first-order chi connectivity index (χ1) is 12.2. The molecule has 1 aliphatic heterocycles.